The van der Waals surface area contributed by atoms with E-state index in [-0.39, 0.29) is 10.7 Å². The van der Waals surface area contributed by atoms with E-state index in [1.807, 2.05) is 45.0 Å². The molecule has 0 aliphatic carbocycles. The summed E-state index contributed by atoms with van der Waals surface area (Å²) in [6.45, 7) is 8.61. The number of benzene rings is 1. The van der Waals surface area contributed by atoms with Crippen molar-refractivity contribution in [3.05, 3.63) is 58.3 Å². The van der Waals surface area contributed by atoms with E-state index >= 15 is 0 Å². The Hall–Kier alpha value is -1.24. The van der Waals surface area contributed by atoms with Crippen molar-refractivity contribution in [2.45, 2.75) is 50.3 Å². The minimum Gasteiger partial charge on any atom is -0.492 e. The van der Waals surface area contributed by atoms with Gasteiger partial charge in [0.25, 0.3) is 0 Å². The number of halogens is 1. The Balaban J connectivity index is 2.14. The lowest BCUT2D eigenvalue weighted by Gasteiger charge is -2.40. The van der Waals surface area contributed by atoms with Crippen molar-refractivity contribution in [2.24, 2.45) is 0 Å². The molecule has 0 bridgehead atoms. The lowest BCUT2D eigenvalue weighted by molar-refractivity contribution is 0.250. The summed E-state index contributed by atoms with van der Waals surface area (Å²) in [5, 5.41) is 0. The number of fused-ring (bicyclic) bond motifs is 1. The maximum atomic E-state index is 13.1. The first-order valence-electron chi connectivity index (χ1n) is 8.77. The second-order valence-corrected chi connectivity index (χ2v) is 10.6. The smallest absolute Gasteiger partial charge is 0.141 e. The number of rotatable bonds is 3. The van der Waals surface area contributed by atoms with Gasteiger partial charge in [0, 0.05) is 23.0 Å². The van der Waals surface area contributed by atoms with E-state index in [9.17, 15) is 4.21 Å². The van der Waals surface area contributed by atoms with Crippen molar-refractivity contribution in [3.8, 4) is 5.75 Å². The lowest BCUT2D eigenvalue weighted by Crippen LogP contribution is -2.51. The average Bonchev–Trinajstić information content (AvgIpc) is 2.73. The van der Waals surface area contributed by atoms with E-state index in [4.69, 9.17) is 4.74 Å². The average molecular weight is 437 g/mol. The molecule has 0 spiro atoms. The molecule has 6 heteroatoms. The highest BCUT2D eigenvalue weighted by Gasteiger charge is 2.44. The first kappa shape index (κ1) is 19.5. The van der Waals surface area contributed by atoms with Gasteiger partial charge in [-0.25, -0.2) is 8.93 Å². The molecule has 0 radical (unpaired) electrons. The van der Waals surface area contributed by atoms with Crippen LogP contribution >= 0.6 is 15.9 Å². The number of pyridine rings is 1. The summed E-state index contributed by atoms with van der Waals surface area (Å²) in [6.07, 6.45) is 2.49. The van der Waals surface area contributed by atoms with Gasteiger partial charge in [-0.3, -0.25) is 4.98 Å². The molecule has 0 saturated heterocycles. The molecule has 3 rings (SSSR count). The third kappa shape index (κ3) is 3.73. The molecule has 2 aromatic rings. The Kier molecular flexibility index (Phi) is 5.56. The summed E-state index contributed by atoms with van der Waals surface area (Å²) >= 11 is 3.51. The number of aromatic nitrogens is 1. The fraction of sp³-hybridized carbons (Fsp3) is 0.450. The summed E-state index contributed by atoms with van der Waals surface area (Å²) in [4.78, 5) is 4.59. The number of nitrogens with one attached hydrogen (secondary N) is 1. The van der Waals surface area contributed by atoms with Crippen molar-refractivity contribution in [1.29, 1.82) is 0 Å². The van der Waals surface area contributed by atoms with Crippen molar-refractivity contribution in [3.63, 3.8) is 0 Å². The molecule has 1 aromatic heterocycles. The molecule has 26 heavy (non-hydrogen) atoms. The molecule has 3 unspecified atom stereocenters. The van der Waals surface area contributed by atoms with E-state index in [1.54, 1.807) is 6.20 Å². The van der Waals surface area contributed by atoms with E-state index < -0.39 is 16.5 Å². The highest BCUT2D eigenvalue weighted by atomic mass is 79.9. The van der Waals surface area contributed by atoms with Crippen LogP contribution in [0.4, 0.5) is 0 Å². The number of nitrogens with zero attached hydrogens (tertiary/aromatic N) is 1. The number of hydrogen-bond acceptors (Lipinski definition) is 3. The third-order valence-electron chi connectivity index (χ3n) is 4.89. The third-order valence-corrected chi connectivity index (χ3v) is 7.08. The monoisotopic (exact) mass is 436 g/mol. The molecule has 3 atom stereocenters. The number of hydrogen-bond donors (Lipinski definition) is 1. The van der Waals surface area contributed by atoms with Gasteiger partial charge in [-0.15, -0.1) is 0 Å². The molecule has 1 N–H and O–H groups in total. The van der Waals surface area contributed by atoms with Crippen LogP contribution in [0, 0.1) is 0 Å². The molecule has 1 aliphatic heterocycles. The topological polar surface area (TPSA) is 51.2 Å². The van der Waals surface area contributed by atoms with Gasteiger partial charge in [-0.2, -0.15) is 0 Å². The van der Waals surface area contributed by atoms with Gasteiger partial charge < -0.3 is 4.74 Å². The molecule has 2 heterocycles. The van der Waals surface area contributed by atoms with E-state index in [0.29, 0.717) is 13.0 Å². The molecule has 0 fully saturated rings. The van der Waals surface area contributed by atoms with Crippen molar-refractivity contribution < 1.29 is 8.95 Å². The van der Waals surface area contributed by atoms with Gasteiger partial charge in [0.05, 0.1) is 33.6 Å². The molecule has 0 saturated carbocycles. The zero-order chi connectivity index (χ0) is 18.9. The minimum atomic E-state index is -1.23. The Morgan fingerprint density at radius 2 is 1.96 bits per heavy atom. The second kappa shape index (κ2) is 7.41. The van der Waals surface area contributed by atoms with Crippen LogP contribution in [0.5, 0.6) is 5.75 Å². The van der Waals surface area contributed by atoms with E-state index in [0.717, 1.165) is 21.5 Å². The normalized spacial score (nSPS) is 24.3. The molecule has 0 amide bonds. The van der Waals surface area contributed by atoms with Crippen LogP contribution in [0.1, 0.15) is 51.3 Å². The van der Waals surface area contributed by atoms with E-state index in [2.05, 4.69) is 44.7 Å². The Labute approximate surface area is 166 Å². The summed E-state index contributed by atoms with van der Waals surface area (Å²) in [5.41, 5.74) is 1.46. The molecule has 1 aromatic carbocycles. The van der Waals surface area contributed by atoms with Crippen LogP contribution in [-0.2, 0) is 16.5 Å². The zero-order valence-corrected chi connectivity index (χ0v) is 18.0. The van der Waals surface area contributed by atoms with Gasteiger partial charge in [0.2, 0.25) is 0 Å². The van der Waals surface area contributed by atoms with E-state index in [1.165, 1.54) is 0 Å². The van der Waals surface area contributed by atoms with Gasteiger partial charge in [-0.05, 0) is 50.6 Å². The van der Waals surface area contributed by atoms with Gasteiger partial charge >= 0.3 is 0 Å². The van der Waals surface area contributed by atoms with Crippen LogP contribution in [0.2, 0.25) is 0 Å². The van der Waals surface area contributed by atoms with Gasteiger partial charge in [0.15, 0.2) is 0 Å². The summed E-state index contributed by atoms with van der Waals surface area (Å²) < 4.78 is 23.2. The van der Waals surface area contributed by atoms with Crippen LogP contribution in [0.15, 0.2) is 47.1 Å². The summed E-state index contributed by atoms with van der Waals surface area (Å²) in [7, 11) is -1.23. The summed E-state index contributed by atoms with van der Waals surface area (Å²) in [6, 6.07) is 12.1. The van der Waals surface area contributed by atoms with Crippen LogP contribution in [0.3, 0.4) is 0 Å². The SMILES string of the molecule is CC1c2ncccc2OCCC1(NS(=O)C(C)(C)C)c1ccc(Br)cc1. The van der Waals surface area contributed by atoms with Crippen molar-refractivity contribution in [2.75, 3.05) is 6.61 Å². The molecule has 1 aliphatic rings. The predicted octanol–water partition coefficient (Wildman–Crippen LogP) is 4.68. The summed E-state index contributed by atoms with van der Waals surface area (Å²) in [5.74, 6) is 0.802. The highest BCUT2D eigenvalue weighted by Crippen LogP contribution is 2.45. The maximum Gasteiger partial charge on any atom is 0.141 e. The Morgan fingerprint density at radius 3 is 2.62 bits per heavy atom. The Morgan fingerprint density at radius 1 is 1.27 bits per heavy atom. The second-order valence-electron chi connectivity index (χ2n) is 7.67. The van der Waals surface area contributed by atoms with Gasteiger partial charge in [0.1, 0.15) is 5.75 Å². The fourth-order valence-electron chi connectivity index (χ4n) is 3.28. The molecule has 140 valence electrons. The van der Waals surface area contributed by atoms with Crippen LogP contribution < -0.4 is 9.46 Å². The zero-order valence-electron chi connectivity index (χ0n) is 15.6. The van der Waals surface area contributed by atoms with Crippen LogP contribution in [0.25, 0.3) is 0 Å². The maximum absolute atomic E-state index is 13.1. The van der Waals surface area contributed by atoms with Crippen LogP contribution in [-0.4, -0.2) is 20.5 Å². The number of ether oxygens (including phenoxy) is 1. The highest BCUT2D eigenvalue weighted by molar-refractivity contribution is 9.10. The fourth-order valence-corrected chi connectivity index (χ4v) is 4.58. The first-order chi connectivity index (χ1) is 12.2. The quantitative estimate of drug-likeness (QED) is 0.759. The van der Waals surface area contributed by atoms with Crippen molar-refractivity contribution >= 4 is 26.9 Å². The predicted molar refractivity (Wildman–Crippen MR) is 110 cm³/mol. The molecular formula is C20H25BrN2O2S. The largest absolute Gasteiger partial charge is 0.492 e. The lowest BCUT2D eigenvalue weighted by atomic mass is 9.76. The van der Waals surface area contributed by atoms with Crippen molar-refractivity contribution in [1.82, 2.24) is 9.71 Å². The molecular weight excluding hydrogens is 412 g/mol. The van der Waals surface area contributed by atoms with Gasteiger partial charge in [-0.1, -0.05) is 35.0 Å². The Bertz CT molecular complexity index is 804. The minimum absolute atomic E-state index is 0.00586. The molecule has 4 nitrogen and oxygen atoms in total. The standard InChI is InChI=1S/C20H25BrN2O2S/c1-14-18-17(6-5-12-22-18)25-13-11-20(14,23-26(24)19(2,3)4)15-7-9-16(21)10-8-15/h5-10,12,14,23H,11,13H2,1-4H3. The first-order valence-corrected chi connectivity index (χ1v) is 10.7.